The molecule has 3 fully saturated rings. The fraction of sp³-hybridized carbons (Fsp3) is 0.800. The number of hydrogen-bond donors (Lipinski definition) is 1. The van der Waals surface area contributed by atoms with Crippen molar-refractivity contribution < 1.29 is 19.4 Å². The van der Waals surface area contributed by atoms with E-state index in [0.29, 0.717) is 36.0 Å². The van der Waals surface area contributed by atoms with Crippen molar-refractivity contribution in [1.82, 2.24) is 0 Å². The number of rotatable bonds is 5. The molecule has 0 amide bonds. The van der Waals surface area contributed by atoms with E-state index >= 15 is 0 Å². The van der Waals surface area contributed by atoms with Crippen molar-refractivity contribution in [3.05, 3.63) is 23.8 Å². The van der Waals surface area contributed by atoms with Crippen LogP contribution in [0.3, 0.4) is 0 Å². The third-order valence-electron chi connectivity index (χ3n) is 10.9. The van der Waals surface area contributed by atoms with E-state index in [1.807, 2.05) is 6.08 Å². The van der Waals surface area contributed by atoms with Crippen LogP contribution in [0.15, 0.2) is 23.8 Å². The van der Waals surface area contributed by atoms with Crippen molar-refractivity contribution in [3.8, 4) is 0 Å². The summed E-state index contributed by atoms with van der Waals surface area (Å²) >= 11 is 0. The fourth-order valence-electron chi connectivity index (χ4n) is 8.28. The molecule has 4 aliphatic carbocycles. The molecule has 4 rings (SSSR count). The minimum absolute atomic E-state index is 0.162. The Morgan fingerprint density at radius 3 is 2.41 bits per heavy atom. The average molecular weight is 471 g/mol. The number of carbonyl (C=O) groups excluding carboxylic acids is 2. The van der Waals surface area contributed by atoms with Gasteiger partial charge in [-0.1, -0.05) is 59.3 Å². The predicted octanol–water partition coefficient (Wildman–Crippen LogP) is 6.28. The molecule has 0 heterocycles. The summed E-state index contributed by atoms with van der Waals surface area (Å²) in [6.07, 6.45) is 12.5. The number of aliphatic hydroxyl groups is 1. The SMILES string of the molecule is CC(=O)O[C@H]1CC[C@]2(C)C3CC[C@@]4(C)C(CC[C@@H]4[C@H](C)/C=C/[C@@H](C)C(C)C)C3=CC(=O)[C@@]2(O)C1. The van der Waals surface area contributed by atoms with Crippen LogP contribution >= 0.6 is 0 Å². The minimum atomic E-state index is -1.44. The summed E-state index contributed by atoms with van der Waals surface area (Å²) in [6, 6.07) is 0. The summed E-state index contributed by atoms with van der Waals surface area (Å²) in [7, 11) is 0. The topological polar surface area (TPSA) is 63.6 Å². The van der Waals surface area contributed by atoms with E-state index in [0.717, 1.165) is 25.7 Å². The van der Waals surface area contributed by atoms with Crippen LogP contribution in [0.4, 0.5) is 0 Å². The molecular weight excluding hydrogens is 424 g/mol. The number of ketones is 1. The Balaban J connectivity index is 1.60. The van der Waals surface area contributed by atoms with E-state index in [1.54, 1.807) is 0 Å². The summed E-state index contributed by atoms with van der Waals surface area (Å²) in [6.45, 7) is 15.2. The Kier molecular flexibility index (Phi) is 6.72. The van der Waals surface area contributed by atoms with Crippen molar-refractivity contribution in [1.29, 1.82) is 0 Å². The Hall–Kier alpha value is -1.42. The highest BCUT2D eigenvalue weighted by Crippen LogP contribution is 2.67. The zero-order chi connectivity index (χ0) is 25.1. The first-order valence-electron chi connectivity index (χ1n) is 13.7. The lowest BCUT2D eigenvalue weighted by Crippen LogP contribution is -2.64. The molecule has 0 aromatic carbocycles. The summed E-state index contributed by atoms with van der Waals surface area (Å²) in [5.74, 6) is 2.54. The lowest BCUT2D eigenvalue weighted by atomic mass is 9.46. The molecule has 4 nitrogen and oxygen atoms in total. The highest BCUT2D eigenvalue weighted by molar-refractivity contribution is 5.99. The molecule has 0 aliphatic heterocycles. The average Bonchev–Trinajstić information content (AvgIpc) is 3.11. The molecule has 190 valence electrons. The Morgan fingerprint density at radius 2 is 1.76 bits per heavy atom. The van der Waals surface area contributed by atoms with Crippen molar-refractivity contribution in [3.63, 3.8) is 0 Å². The zero-order valence-electron chi connectivity index (χ0n) is 22.4. The van der Waals surface area contributed by atoms with Crippen molar-refractivity contribution in [2.75, 3.05) is 0 Å². The van der Waals surface area contributed by atoms with Gasteiger partial charge in [-0.15, -0.1) is 0 Å². The normalized spacial score (nSPS) is 43.7. The van der Waals surface area contributed by atoms with Crippen LogP contribution < -0.4 is 0 Å². The molecule has 0 aromatic rings. The summed E-state index contributed by atoms with van der Waals surface area (Å²) < 4.78 is 5.44. The van der Waals surface area contributed by atoms with Gasteiger partial charge in [0, 0.05) is 18.8 Å². The van der Waals surface area contributed by atoms with Crippen molar-refractivity contribution in [2.45, 2.75) is 105 Å². The van der Waals surface area contributed by atoms with Crippen LogP contribution in [0.25, 0.3) is 0 Å². The number of fused-ring (bicyclic) bond motifs is 5. The fourth-order valence-corrected chi connectivity index (χ4v) is 8.28. The number of carbonyl (C=O) groups is 2. The quantitative estimate of drug-likeness (QED) is 0.380. The second-order valence-electron chi connectivity index (χ2n) is 12.9. The molecule has 1 N–H and O–H groups in total. The maximum atomic E-state index is 13.5. The zero-order valence-corrected chi connectivity index (χ0v) is 22.4. The van der Waals surface area contributed by atoms with Gasteiger partial charge < -0.3 is 9.84 Å². The van der Waals surface area contributed by atoms with Gasteiger partial charge in [-0.2, -0.15) is 0 Å². The molecule has 2 unspecified atom stereocenters. The minimum Gasteiger partial charge on any atom is -0.462 e. The summed E-state index contributed by atoms with van der Waals surface area (Å²) in [4.78, 5) is 25.0. The van der Waals surface area contributed by atoms with Crippen LogP contribution in [-0.4, -0.2) is 28.6 Å². The van der Waals surface area contributed by atoms with E-state index in [-0.39, 0.29) is 35.6 Å². The highest BCUT2D eigenvalue weighted by atomic mass is 16.5. The van der Waals surface area contributed by atoms with E-state index < -0.39 is 11.0 Å². The number of hydrogen-bond acceptors (Lipinski definition) is 4. The van der Waals surface area contributed by atoms with E-state index in [4.69, 9.17) is 4.74 Å². The van der Waals surface area contributed by atoms with Crippen molar-refractivity contribution >= 4 is 11.8 Å². The first-order valence-corrected chi connectivity index (χ1v) is 13.7. The van der Waals surface area contributed by atoms with Crippen LogP contribution in [0, 0.1) is 46.3 Å². The van der Waals surface area contributed by atoms with Gasteiger partial charge in [-0.05, 0) is 85.5 Å². The van der Waals surface area contributed by atoms with Gasteiger partial charge in [0.1, 0.15) is 11.7 Å². The van der Waals surface area contributed by atoms with Gasteiger partial charge in [0.25, 0.3) is 0 Å². The first-order chi connectivity index (χ1) is 15.8. The van der Waals surface area contributed by atoms with Gasteiger partial charge in [0.15, 0.2) is 5.78 Å². The highest BCUT2D eigenvalue weighted by Gasteiger charge is 2.65. The van der Waals surface area contributed by atoms with E-state index in [2.05, 4.69) is 53.7 Å². The smallest absolute Gasteiger partial charge is 0.302 e. The largest absolute Gasteiger partial charge is 0.462 e. The van der Waals surface area contributed by atoms with E-state index in [9.17, 15) is 14.7 Å². The number of esters is 1. The van der Waals surface area contributed by atoms with Gasteiger partial charge in [-0.25, -0.2) is 0 Å². The van der Waals surface area contributed by atoms with Gasteiger partial charge in [0.05, 0.1) is 0 Å². The molecule has 3 saturated carbocycles. The molecule has 0 aromatic heterocycles. The third-order valence-corrected chi connectivity index (χ3v) is 10.9. The maximum Gasteiger partial charge on any atom is 0.302 e. The molecular formula is C30H46O4. The third kappa shape index (κ3) is 3.92. The maximum absolute atomic E-state index is 13.5. The van der Waals surface area contributed by atoms with Crippen LogP contribution in [0.2, 0.25) is 0 Å². The second-order valence-corrected chi connectivity index (χ2v) is 12.9. The van der Waals surface area contributed by atoms with Crippen molar-refractivity contribution in [2.24, 2.45) is 46.3 Å². The molecule has 0 saturated heterocycles. The van der Waals surface area contributed by atoms with E-state index in [1.165, 1.54) is 18.9 Å². The Labute approximate surface area is 206 Å². The summed E-state index contributed by atoms with van der Waals surface area (Å²) in [5.41, 5.74) is -0.406. The van der Waals surface area contributed by atoms with Gasteiger partial charge in [0.2, 0.25) is 0 Å². The van der Waals surface area contributed by atoms with Crippen LogP contribution in [0.1, 0.15) is 93.4 Å². The molecule has 0 spiro atoms. The molecule has 4 heteroatoms. The monoisotopic (exact) mass is 470 g/mol. The predicted molar refractivity (Wildman–Crippen MR) is 135 cm³/mol. The Morgan fingerprint density at radius 1 is 1.06 bits per heavy atom. The second kappa shape index (κ2) is 8.91. The number of allylic oxidation sites excluding steroid dienone is 3. The molecule has 9 atom stereocenters. The molecule has 4 aliphatic rings. The standard InChI is InChI=1S/C30H46O4/c1-18(2)19(3)8-9-20(4)24-10-11-25-23-16-27(32)30(33)17-22(34-21(5)31)12-15-29(30,7)26(23)13-14-28(24,25)6/h8-9,16,18-20,22,24-26,33H,10-15,17H2,1-7H3/b9-8+/t19-,20-,22+,24-,25?,26?,28-,29-,30+/m1/s1. The molecule has 0 bridgehead atoms. The van der Waals surface area contributed by atoms with Gasteiger partial charge >= 0.3 is 5.97 Å². The van der Waals surface area contributed by atoms with Crippen LogP contribution in [-0.2, 0) is 14.3 Å². The van der Waals surface area contributed by atoms with Gasteiger partial charge in [-0.3, -0.25) is 9.59 Å². The first kappa shape index (κ1) is 25.7. The molecule has 0 radical (unpaired) electrons. The Bertz CT molecular complexity index is 886. The van der Waals surface area contributed by atoms with Crippen LogP contribution in [0.5, 0.6) is 0 Å². The summed E-state index contributed by atoms with van der Waals surface area (Å²) in [5, 5.41) is 11.8. The number of ether oxygens (including phenoxy) is 1. The molecule has 34 heavy (non-hydrogen) atoms. The lowest BCUT2D eigenvalue weighted by molar-refractivity contribution is -0.188. The lowest BCUT2D eigenvalue weighted by Gasteiger charge is -2.60.